The maximum atomic E-state index is 5.53. The Morgan fingerprint density at radius 1 is 1.19 bits per heavy atom. The van der Waals surface area contributed by atoms with E-state index in [-0.39, 0.29) is 0 Å². The molecule has 0 aromatic carbocycles. The van der Waals surface area contributed by atoms with E-state index in [4.69, 9.17) is 4.52 Å². The molecule has 2 aliphatic heterocycles. The van der Waals surface area contributed by atoms with Gasteiger partial charge in [0.15, 0.2) is 5.76 Å². The molecule has 0 amide bonds. The van der Waals surface area contributed by atoms with Crippen molar-refractivity contribution in [1.29, 1.82) is 0 Å². The molecule has 1 saturated carbocycles. The Hall–Kier alpha value is -0.910. The quantitative estimate of drug-likeness (QED) is 0.892. The van der Waals surface area contributed by atoms with Gasteiger partial charge in [-0.3, -0.25) is 9.80 Å². The minimum atomic E-state index is 0.726. The molecule has 3 heterocycles. The van der Waals surface area contributed by atoms with Crippen LogP contribution in [0.2, 0.25) is 0 Å². The van der Waals surface area contributed by atoms with Crippen LogP contribution in [0.25, 0.3) is 0 Å². The first-order valence-corrected chi connectivity index (χ1v) is 8.51. The van der Waals surface area contributed by atoms with E-state index in [0.717, 1.165) is 36.6 Å². The molecule has 116 valence electrons. The molecular weight excluding hydrogens is 264 g/mol. The van der Waals surface area contributed by atoms with Gasteiger partial charge in [0.1, 0.15) is 0 Å². The first kappa shape index (κ1) is 13.7. The predicted octanol–water partition coefficient (Wildman–Crippen LogP) is 1.60. The van der Waals surface area contributed by atoms with Crippen molar-refractivity contribution in [1.82, 2.24) is 20.3 Å². The van der Waals surface area contributed by atoms with Crippen LogP contribution < -0.4 is 5.32 Å². The molecule has 2 saturated heterocycles. The summed E-state index contributed by atoms with van der Waals surface area (Å²) in [7, 11) is 0. The van der Waals surface area contributed by atoms with E-state index in [1.54, 1.807) is 0 Å². The normalized spacial score (nSPS) is 27.7. The molecule has 3 aliphatic rings. The molecule has 1 aromatic heterocycles. The zero-order valence-electron chi connectivity index (χ0n) is 12.8. The number of nitrogens with one attached hydrogen (secondary N) is 1. The largest absolute Gasteiger partial charge is 0.360 e. The molecule has 1 N–H and O–H groups in total. The third-order valence-electron chi connectivity index (χ3n) is 5.02. The van der Waals surface area contributed by atoms with Gasteiger partial charge in [-0.05, 0) is 51.7 Å². The number of rotatable bonds is 5. The van der Waals surface area contributed by atoms with Gasteiger partial charge in [-0.2, -0.15) is 0 Å². The van der Waals surface area contributed by atoms with Crippen LogP contribution in [0, 0.1) is 0 Å². The van der Waals surface area contributed by atoms with Crippen LogP contribution in [0.1, 0.15) is 43.6 Å². The van der Waals surface area contributed by atoms with Crippen LogP contribution in [0.5, 0.6) is 0 Å². The van der Waals surface area contributed by atoms with Gasteiger partial charge in [0.2, 0.25) is 0 Å². The van der Waals surface area contributed by atoms with E-state index in [2.05, 4.69) is 26.3 Å². The highest BCUT2D eigenvalue weighted by Gasteiger charge is 2.29. The average Bonchev–Trinajstić information content (AvgIpc) is 3.11. The lowest BCUT2D eigenvalue weighted by molar-refractivity contribution is 0.199. The SMILES string of the molecule is c1c(CNC2CC2)noc1CN1CCCN2CCCC2C1. The number of aromatic nitrogens is 1. The van der Waals surface area contributed by atoms with Gasteiger partial charge in [-0.1, -0.05) is 5.16 Å². The highest BCUT2D eigenvalue weighted by atomic mass is 16.5. The van der Waals surface area contributed by atoms with Gasteiger partial charge < -0.3 is 9.84 Å². The van der Waals surface area contributed by atoms with Gasteiger partial charge in [-0.15, -0.1) is 0 Å². The minimum absolute atomic E-state index is 0.726. The Kier molecular flexibility index (Phi) is 3.97. The summed E-state index contributed by atoms with van der Waals surface area (Å²) in [6.45, 7) is 6.72. The van der Waals surface area contributed by atoms with Crippen LogP contribution in [0.4, 0.5) is 0 Å². The molecule has 0 radical (unpaired) electrons. The summed E-state index contributed by atoms with van der Waals surface area (Å²) >= 11 is 0. The Bertz CT molecular complexity index is 471. The summed E-state index contributed by atoms with van der Waals surface area (Å²) in [5, 5.41) is 7.68. The van der Waals surface area contributed by atoms with E-state index in [1.165, 1.54) is 58.3 Å². The number of hydrogen-bond donors (Lipinski definition) is 1. The van der Waals surface area contributed by atoms with Crippen LogP contribution in [-0.4, -0.2) is 53.2 Å². The highest BCUT2D eigenvalue weighted by Crippen LogP contribution is 2.23. The Morgan fingerprint density at radius 3 is 3.00 bits per heavy atom. The van der Waals surface area contributed by atoms with Crippen molar-refractivity contribution in [3.05, 3.63) is 17.5 Å². The van der Waals surface area contributed by atoms with Gasteiger partial charge >= 0.3 is 0 Å². The Balaban J connectivity index is 1.31. The fraction of sp³-hybridized carbons (Fsp3) is 0.812. The molecule has 3 fully saturated rings. The summed E-state index contributed by atoms with van der Waals surface area (Å²) in [4.78, 5) is 5.22. The number of nitrogens with zero attached hydrogens (tertiary/aromatic N) is 3. The predicted molar refractivity (Wildman–Crippen MR) is 80.9 cm³/mol. The molecule has 1 aromatic rings. The van der Waals surface area contributed by atoms with Crippen molar-refractivity contribution in [2.75, 3.05) is 26.2 Å². The first-order chi connectivity index (χ1) is 10.4. The monoisotopic (exact) mass is 290 g/mol. The molecule has 0 bridgehead atoms. The van der Waals surface area contributed by atoms with Crippen LogP contribution in [0.15, 0.2) is 10.6 Å². The van der Waals surface area contributed by atoms with E-state index < -0.39 is 0 Å². The van der Waals surface area contributed by atoms with Crippen LogP contribution in [0.3, 0.4) is 0 Å². The van der Waals surface area contributed by atoms with Crippen molar-refractivity contribution in [2.24, 2.45) is 0 Å². The molecule has 4 rings (SSSR count). The summed E-state index contributed by atoms with van der Waals surface area (Å²) in [5.41, 5.74) is 1.05. The molecule has 5 nitrogen and oxygen atoms in total. The Labute approximate surface area is 126 Å². The molecule has 1 aliphatic carbocycles. The summed E-state index contributed by atoms with van der Waals surface area (Å²) < 4.78 is 5.53. The smallest absolute Gasteiger partial charge is 0.151 e. The van der Waals surface area contributed by atoms with E-state index in [0.29, 0.717) is 0 Å². The second-order valence-electron chi connectivity index (χ2n) is 6.86. The van der Waals surface area contributed by atoms with E-state index >= 15 is 0 Å². The molecule has 21 heavy (non-hydrogen) atoms. The zero-order valence-corrected chi connectivity index (χ0v) is 12.8. The molecular formula is C16H26N4O. The maximum Gasteiger partial charge on any atom is 0.151 e. The fourth-order valence-corrected chi connectivity index (χ4v) is 3.70. The van der Waals surface area contributed by atoms with Crippen LogP contribution in [-0.2, 0) is 13.1 Å². The standard InChI is InChI=1S/C16H26N4O/c1-3-15-11-19(6-2-8-20(15)7-1)12-16-9-14(18-21-16)10-17-13-4-5-13/h9,13,15,17H,1-8,10-12H2. The molecule has 0 spiro atoms. The fourth-order valence-electron chi connectivity index (χ4n) is 3.70. The average molecular weight is 290 g/mol. The van der Waals surface area contributed by atoms with Crippen molar-refractivity contribution in [2.45, 2.75) is 57.3 Å². The molecule has 5 heteroatoms. The lowest BCUT2D eigenvalue weighted by Gasteiger charge is -2.24. The topological polar surface area (TPSA) is 44.5 Å². The van der Waals surface area contributed by atoms with Crippen LogP contribution >= 0.6 is 0 Å². The highest BCUT2D eigenvalue weighted by molar-refractivity contribution is 5.06. The Morgan fingerprint density at radius 2 is 2.10 bits per heavy atom. The first-order valence-electron chi connectivity index (χ1n) is 8.51. The van der Waals surface area contributed by atoms with Gasteiger partial charge in [-0.25, -0.2) is 0 Å². The summed E-state index contributed by atoms with van der Waals surface area (Å²) in [6, 6.07) is 3.63. The lowest BCUT2D eigenvalue weighted by atomic mass is 10.2. The lowest BCUT2D eigenvalue weighted by Crippen LogP contribution is -2.36. The second-order valence-corrected chi connectivity index (χ2v) is 6.86. The van der Waals surface area contributed by atoms with E-state index in [9.17, 15) is 0 Å². The minimum Gasteiger partial charge on any atom is -0.360 e. The van der Waals surface area contributed by atoms with Crippen molar-refractivity contribution in [3.63, 3.8) is 0 Å². The summed E-state index contributed by atoms with van der Waals surface area (Å²) in [6.07, 6.45) is 6.65. The number of hydrogen-bond acceptors (Lipinski definition) is 5. The second kappa shape index (κ2) is 6.07. The molecule has 1 unspecified atom stereocenters. The van der Waals surface area contributed by atoms with Gasteiger partial charge in [0.25, 0.3) is 0 Å². The third kappa shape index (κ3) is 3.47. The van der Waals surface area contributed by atoms with Crippen molar-refractivity contribution >= 4 is 0 Å². The third-order valence-corrected chi connectivity index (χ3v) is 5.02. The van der Waals surface area contributed by atoms with Gasteiger partial charge in [0, 0.05) is 31.2 Å². The summed E-state index contributed by atoms with van der Waals surface area (Å²) in [5.74, 6) is 1.02. The van der Waals surface area contributed by atoms with Gasteiger partial charge in [0.05, 0.1) is 12.2 Å². The van der Waals surface area contributed by atoms with Crippen molar-refractivity contribution < 1.29 is 4.52 Å². The molecule has 1 atom stereocenters. The maximum absolute atomic E-state index is 5.53. The number of fused-ring (bicyclic) bond motifs is 1. The van der Waals surface area contributed by atoms with E-state index in [1.807, 2.05) is 0 Å². The van der Waals surface area contributed by atoms with Crippen molar-refractivity contribution in [3.8, 4) is 0 Å². The zero-order chi connectivity index (χ0) is 14.1.